The molecule has 0 amide bonds. The number of thiazole rings is 1. The molecule has 1 heterocycles. The minimum atomic E-state index is 0.709. The van der Waals surface area contributed by atoms with E-state index in [-0.39, 0.29) is 0 Å². The van der Waals surface area contributed by atoms with Crippen molar-refractivity contribution in [1.29, 1.82) is 0 Å². The van der Waals surface area contributed by atoms with E-state index >= 15 is 0 Å². The molecule has 1 aromatic heterocycles. The van der Waals surface area contributed by atoms with Crippen LogP contribution >= 0.6 is 22.9 Å². The molecule has 0 aliphatic heterocycles. The highest BCUT2D eigenvalue weighted by Crippen LogP contribution is 2.30. The SMILES string of the molecule is Cc1c(Cl)ccc2sc(NN)nc12. The number of hydrogen-bond donors (Lipinski definition) is 2. The Kier molecular flexibility index (Phi) is 2.11. The van der Waals surface area contributed by atoms with Crippen molar-refractivity contribution in [3.05, 3.63) is 22.7 Å². The third-order valence-corrected chi connectivity index (χ3v) is 3.23. The van der Waals surface area contributed by atoms with Crippen LogP contribution in [-0.2, 0) is 0 Å². The molecule has 13 heavy (non-hydrogen) atoms. The Bertz CT molecular complexity index is 452. The topological polar surface area (TPSA) is 50.9 Å². The van der Waals surface area contributed by atoms with Gasteiger partial charge in [-0.2, -0.15) is 0 Å². The van der Waals surface area contributed by atoms with Crippen molar-refractivity contribution < 1.29 is 0 Å². The summed E-state index contributed by atoms with van der Waals surface area (Å²) in [4.78, 5) is 4.29. The maximum atomic E-state index is 5.95. The molecule has 0 fully saturated rings. The summed E-state index contributed by atoms with van der Waals surface area (Å²) in [5.74, 6) is 5.27. The summed E-state index contributed by atoms with van der Waals surface area (Å²) in [6.07, 6.45) is 0. The van der Waals surface area contributed by atoms with Gasteiger partial charge in [-0.3, -0.25) is 5.43 Å². The predicted molar refractivity (Wildman–Crippen MR) is 57.2 cm³/mol. The lowest BCUT2D eigenvalue weighted by Gasteiger charge is -1.95. The van der Waals surface area contributed by atoms with Gasteiger partial charge in [0.15, 0.2) is 5.13 Å². The van der Waals surface area contributed by atoms with Crippen molar-refractivity contribution in [3.63, 3.8) is 0 Å². The van der Waals surface area contributed by atoms with Crippen LogP contribution in [0.3, 0.4) is 0 Å². The first kappa shape index (κ1) is 8.74. The summed E-state index contributed by atoms with van der Waals surface area (Å²) >= 11 is 7.47. The number of nitrogen functional groups attached to an aromatic ring is 1. The summed E-state index contributed by atoms with van der Waals surface area (Å²) in [6.45, 7) is 1.95. The number of rotatable bonds is 1. The Morgan fingerprint density at radius 3 is 3.00 bits per heavy atom. The highest BCUT2D eigenvalue weighted by molar-refractivity contribution is 7.22. The van der Waals surface area contributed by atoms with Gasteiger partial charge in [0.2, 0.25) is 0 Å². The van der Waals surface area contributed by atoms with Gasteiger partial charge in [0.25, 0.3) is 0 Å². The molecule has 1 aromatic carbocycles. The maximum absolute atomic E-state index is 5.95. The van der Waals surface area contributed by atoms with Gasteiger partial charge >= 0.3 is 0 Å². The van der Waals surface area contributed by atoms with Gasteiger partial charge in [0.1, 0.15) is 0 Å². The van der Waals surface area contributed by atoms with E-state index in [1.807, 2.05) is 19.1 Å². The number of aromatic nitrogens is 1. The molecule has 2 rings (SSSR count). The predicted octanol–water partition coefficient (Wildman–Crippen LogP) is 2.54. The monoisotopic (exact) mass is 213 g/mol. The number of nitrogens with two attached hydrogens (primary N) is 1. The Hall–Kier alpha value is -0.840. The summed E-state index contributed by atoms with van der Waals surface area (Å²) < 4.78 is 1.09. The van der Waals surface area contributed by atoms with Gasteiger partial charge in [0, 0.05) is 5.02 Å². The smallest absolute Gasteiger partial charge is 0.198 e. The molecule has 0 radical (unpaired) electrons. The zero-order valence-electron chi connectivity index (χ0n) is 6.97. The van der Waals surface area contributed by atoms with Crippen molar-refractivity contribution in [2.75, 3.05) is 5.43 Å². The minimum Gasteiger partial charge on any atom is -0.300 e. The maximum Gasteiger partial charge on any atom is 0.198 e. The molecule has 0 bridgehead atoms. The Labute approximate surface area is 84.5 Å². The first-order chi connectivity index (χ1) is 6.22. The van der Waals surface area contributed by atoms with E-state index in [9.17, 15) is 0 Å². The average molecular weight is 214 g/mol. The lowest BCUT2D eigenvalue weighted by molar-refractivity contribution is 1.30. The van der Waals surface area contributed by atoms with E-state index in [2.05, 4.69) is 10.4 Å². The molecule has 0 spiro atoms. The Morgan fingerprint density at radius 2 is 2.31 bits per heavy atom. The molecule has 0 unspecified atom stereocenters. The van der Waals surface area contributed by atoms with E-state index in [1.54, 1.807) is 0 Å². The van der Waals surface area contributed by atoms with Crippen molar-refractivity contribution in [1.82, 2.24) is 4.98 Å². The van der Waals surface area contributed by atoms with E-state index in [0.29, 0.717) is 5.13 Å². The van der Waals surface area contributed by atoms with Gasteiger partial charge < -0.3 is 0 Å². The Morgan fingerprint density at radius 1 is 1.54 bits per heavy atom. The zero-order chi connectivity index (χ0) is 9.42. The van der Waals surface area contributed by atoms with Crippen LogP contribution in [0.15, 0.2) is 12.1 Å². The van der Waals surface area contributed by atoms with Crippen LogP contribution in [-0.4, -0.2) is 4.98 Å². The third kappa shape index (κ3) is 1.37. The lowest BCUT2D eigenvalue weighted by Crippen LogP contribution is -2.05. The number of hydrogen-bond acceptors (Lipinski definition) is 4. The second-order valence-electron chi connectivity index (χ2n) is 2.68. The van der Waals surface area contributed by atoms with Gasteiger partial charge in [-0.25, -0.2) is 10.8 Å². The first-order valence-electron chi connectivity index (χ1n) is 3.74. The number of fused-ring (bicyclic) bond motifs is 1. The van der Waals surface area contributed by atoms with Crippen molar-refractivity contribution in [2.24, 2.45) is 5.84 Å². The van der Waals surface area contributed by atoms with Crippen LogP contribution in [0.1, 0.15) is 5.56 Å². The van der Waals surface area contributed by atoms with Crippen LogP contribution in [0.2, 0.25) is 5.02 Å². The molecule has 0 atom stereocenters. The zero-order valence-corrected chi connectivity index (χ0v) is 8.54. The third-order valence-electron chi connectivity index (χ3n) is 1.87. The number of nitrogens with zero attached hydrogens (tertiary/aromatic N) is 1. The summed E-state index contributed by atoms with van der Waals surface area (Å²) in [7, 11) is 0. The first-order valence-corrected chi connectivity index (χ1v) is 4.94. The van der Waals surface area contributed by atoms with Gasteiger partial charge in [-0.05, 0) is 24.6 Å². The minimum absolute atomic E-state index is 0.709. The lowest BCUT2D eigenvalue weighted by atomic mass is 10.2. The summed E-state index contributed by atoms with van der Waals surface area (Å²) in [6, 6.07) is 3.82. The quantitative estimate of drug-likeness (QED) is 0.566. The largest absolute Gasteiger partial charge is 0.300 e. The van der Waals surface area contributed by atoms with Crippen LogP contribution < -0.4 is 11.3 Å². The van der Waals surface area contributed by atoms with Gasteiger partial charge in [0.05, 0.1) is 10.2 Å². The van der Waals surface area contributed by atoms with E-state index < -0.39 is 0 Å². The second-order valence-corrected chi connectivity index (χ2v) is 4.12. The van der Waals surface area contributed by atoms with Gasteiger partial charge in [-0.15, -0.1) is 0 Å². The highest BCUT2D eigenvalue weighted by Gasteiger charge is 2.06. The molecule has 0 saturated carbocycles. The average Bonchev–Trinajstić information content (AvgIpc) is 2.55. The molecule has 0 saturated heterocycles. The van der Waals surface area contributed by atoms with Gasteiger partial charge in [-0.1, -0.05) is 22.9 Å². The van der Waals surface area contributed by atoms with E-state index in [4.69, 9.17) is 17.4 Å². The summed E-state index contributed by atoms with van der Waals surface area (Å²) in [5.41, 5.74) is 4.45. The second kappa shape index (κ2) is 3.14. The van der Waals surface area contributed by atoms with E-state index in [0.717, 1.165) is 20.8 Å². The van der Waals surface area contributed by atoms with E-state index in [1.165, 1.54) is 11.3 Å². The molecular weight excluding hydrogens is 206 g/mol. The molecular formula is C8H8ClN3S. The molecule has 2 aromatic rings. The molecule has 3 nitrogen and oxygen atoms in total. The molecule has 0 aliphatic carbocycles. The van der Waals surface area contributed by atoms with Crippen LogP contribution in [0.4, 0.5) is 5.13 Å². The van der Waals surface area contributed by atoms with Crippen molar-refractivity contribution >= 4 is 38.3 Å². The number of anilines is 1. The number of benzene rings is 1. The molecule has 5 heteroatoms. The fraction of sp³-hybridized carbons (Fsp3) is 0.125. The molecule has 68 valence electrons. The fourth-order valence-electron chi connectivity index (χ4n) is 1.16. The van der Waals surface area contributed by atoms with Crippen molar-refractivity contribution in [3.8, 4) is 0 Å². The number of hydrazine groups is 1. The van der Waals surface area contributed by atoms with Crippen molar-refractivity contribution in [2.45, 2.75) is 6.92 Å². The highest BCUT2D eigenvalue weighted by atomic mass is 35.5. The Balaban J connectivity index is 2.76. The number of aryl methyl sites for hydroxylation is 1. The van der Waals surface area contributed by atoms with Crippen LogP contribution in [0.5, 0.6) is 0 Å². The van der Waals surface area contributed by atoms with Crippen LogP contribution in [0, 0.1) is 6.92 Å². The normalized spacial score (nSPS) is 10.7. The number of nitrogens with one attached hydrogen (secondary N) is 1. The summed E-state index contributed by atoms with van der Waals surface area (Å²) in [5, 5.41) is 1.45. The molecule has 3 N–H and O–H groups in total. The fourth-order valence-corrected chi connectivity index (χ4v) is 2.15. The molecule has 0 aliphatic rings. The standard InChI is InChI=1S/C8H8ClN3S/c1-4-5(9)2-3-6-7(4)11-8(12-10)13-6/h2-3H,10H2,1H3,(H,11,12). The number of halogens is 1. The van der Waals surface area contributed by atoms with Crippen LogP contribution in [0.25, 0.3) is 10.2 Å².